The highest BCUT2D eigenvalue weighted by Crippen LogP contribution is 2.36. The van der Waals surface area contributed by atoms with Crippen molar-refractivity contribution in [3.63, 3.8) is 0 Å². The Balaban J connectivity index is 0.00000147. The summed E-state index contributed by atoms with van der Waals surface area (Å²) in [6.07, 6.45) is 2.50. The Kier molecular flexibility index (Phi) is 5.79. The van der Waals surface area contributed by atoms with Crippen molar-refractivity contribution in [2.45, 2.75) is 28.7 Å². The van der Waals surface area contributed by atoms with Crippen LogP contribution < -0.4 is 5.32 Å². The van der Waals surface area contributed by atoms with Crippen molar-refractivity contribution in [1.29, 1.82) is 0 Å². The van der Waals surface area contributed by atoms with Crippen molar-refractivity contribution in [1.82, 2.24) is 5.32 Å². The van der Waals surface area contributed by atoms with E-state index in [9.17, 15) is 0 Å². The maximum atomic E-state index is 5.93. The van der Waals surface area contributed by atoms with Gasteiger partial charge >= 0.3 is 0 Å². The van der Waals surface area contributed by atoms with E-state index in [2.05, 4.69) is 41.7 Å². The summed E-state index contributed by atoms with van der Waals surface area (Å²) in [5.74, 6) is 0. The molecule has 0 saturated carbocycles. The van der Waals surface area contributed by atoms with Crippen LogP contribution in [0.3, 0.4) is 0 Å². The lowest BCUT2D eigenvalue weighted by Gasteiger charge is -2.15. The van der Waals surface area contributed by atoms with Crippen LogP contribution in [0.4, 0.5) is 0 Å². The summed E-state index contributed by atoms with van der Waals surface area (Å²) in [6, 6.07) is 17.2. The molecule has 0 aromatic heterocycles. The molecule has 0 unspecified atom stereocenters. The predicted molar refractivity (Wildman–Crippen MR) is 89.2 cm³/mol. The smallest absolute Gasteiger partial charge is 0.0406 e. The monoisotopic (exact) mass is 325 g/mol. The molecule has 106 valence electrons. The molecule has 1 aliphatic heterocycles. The third-order valence-electron chi connectivity index (χ3n) is 3.40. The highest BCUT2D eigenvalue weighted by molar-refractivity contribution is 7.99. The van der Waals surface area contributed by atoms with Gasteiger partial charge in [0.2, 0.25) is 0 Å². The number of hydrogen-bond donors (Lipinski definition) is 1. The summed E-state index contributed by atoms with van der Waals surface area (Å²) < 4.78 is 0. The maximum Gasteiger partial charge on any atom is 0.0406 e. The van der Waals surface area contributed by atoms with Crippen LogP contribution >= 0.6 is 35.8 Å². The van der Waals surface area contributed by atoms with Crippen molar-refractivity contribution in [2.75, 3.05) is 6.54 Å². The number of nitrogens with one attached hydrogen (secondary N) is 1. The van der Waals surface area contributed by atoms with Crippen LogP contribution in [-0.2, 0) is 0 Å². The normalized spacial score (nSPS) is 17.8. The summed E-state index contributed by atoms with van der Waals surface area (Å²) in [6.45, 7) is 1.13. The highest BCUT2D eigenvalue weighted by atomic mass is 35.5. The van der Waals surface area contributed by atoms with Gasteiger partial charge in [0.1, 0.15) is 0 Å². The Labute approximate surface area is 135 Å². The SMILES string of the molecule is Cl.Clc1ccc(Sc2ccccc2[C@H]2CCCN2)cc1. The molecular formula is C16H17Cl2NS. The van der Waals surface area contributed by atoms with Crippen LogP contribution in [0, 0.1) is 0 Å². The molecule has 20 heavy (non-hydrogen) atoms. The summed E-state index contributed by atoms with van der Waals surface area (Å²) in [5.41, 5.74) is 1.42. The summed E-state index contributed by atoms with van der Waals surface area (Å²) in [4.78, 5) is 2.57. The topological polar surface area (TPSA) is 12.0 Å². The quantitative estimate of drug-likeness (QED) is 0.817. The van der Waals surface area contributed by atoms with Crippen molar-refractivity contribution in [3.05, 3.63) is 59.1 Å². The lowest BCUT2D eigenvalue weighted by atomic mass is 10.1. The number of halogens is 2. The first-order chi connectivity index (χ1) is 9.33. The van der Waals surface area contributed by atoms with E-state index in [1.165, 1.54) is 28.2 Å². The van der Waals surface area contributed by atoms with Gasteiger partial charge in [-0.05, 0) is 55.3 Å². The molecule has 0 radical (unpaired) electrons. The van der Waals surface area contributed by atoms with Crippen LogP contribution in [0.25, 0.3) is 0 Å². The van der Waals surface area contributed by atoms with E-state index in [1.54, 1.807) is 0 Å². The first-order valence-corrected chi connectivity index (χ1v) is 7.78. The van der Waals surface area contributed by atoms with Gasteiger partial charge < -0.3 is 5.32 Å². The van der Waals surface area contributed by atoms with Gasteiger partial charge in [-0.25, -0.2) is 0 Å². The molecule has 1 heterocycles. The second-order valence-corrected chi connectivity index (χ2v) is 6.29. The highest BCUT2D eigenvalue weighted by Gasteiger charge is 2.19. The van der Waals surface area contributed by atoms with E-state index in [-0.39, 0.29) is 12.4 Å². The standard InChI is InChI=1S/C16H16ClNS.ClH/c17-12-7-9-13(10-8-12)19-16-6-2-1-4-14(16)15-5-3-11-18-15;/h1-2,4,6-10,15,18H,3,5,11H2;1H/t15-;/m1./s1. The molecule has 2 aromatic rings. The number of rotatable bonds is 3. The van der Waals surface area contributed by atoms with Gasteiger partial charge in [-0.15, -0.1) is 12.4 Å². The molecule has 1 fully saturated rings. The lowest BCUT2D eigenvalue weighted by molar-refractivity contribution is 0.636. The minimum Gasteiger partial charge on any atom is -0.310 e. The Morgan fingerprint density at radius 3 is 2.50 bits per heavy atom. The molecule has 1 N–H and O–H groups in total. The van der Waals surface area contributed by atoms with E-state index in [0.29, 0.717) is 6.04 Å². The van der Waals surface area contributed by atoms with E-state index in [0.717, 1.165) is 11.6 Å². The average Bonchev–Trinajstić information content (AvgIpc) is 2.96. The molecular weight excluding hydrogens is 309 g/mol. The molecule has 0 bridgehead atoms. The molecule has 0 amide bonds. The fraction of sp³-hybridized carbons (Fsp3) is 0.250. The van der Waals surface area contributed by atoms with Gasteiger partial charge in [-0.1, -0.05) is 41.6 Å². The first-order valence-electron chi connectivity index (χ1n) is 6.59. The van der Waals surface area contributed by atoms with Crippen molar-refractivity contribution >= 4 is 35.8 Å². The molecule has 1 atom stereocenters. The van der Waals surface area contributed by atoms with Crippen LogP contribution in [0.2, 0.25) is 5.02 Å². The molecule has 0 spiro atoms. The molecule has 2 aromatic carbocycles. The number of hydrogen-bond acceptors (Lipinski definition) is 2. The van der Waals surface area contributed by atoms with Gasteiger partial charge in [0.05, 0.1) is 0 Å². The minimum absolute atomic E-state index is 0. The zero-order valence-electron chi connectivity index (χ0n) is 11.0. The second-order valence-electron chi connectivity index (χ2n) is 4.74. The van der Waals surface area contributed by atoms with Crippen molar-refractivity contribution in [3.8, 4) is 0 Å². The fourth-order valence-corrected chi connectivity index (χ4v) is 3.57. The van der Waals surface area contributed by atoms with Gasteiger partial charge in [0.25, 0.3) is 0 Å². The van der Waals surface area contributed by atoms with Gasteiger partial charge in [0.15, 0.2) is 0 Å². The molecule has 1 nitrogen and oxygen atoms in total. The maximum absolute atomic E-state index is 5.93. The lowest BCUT2D eigenvalue weighted by Crippen LogP contribution is -2.13. The third-order valence-corrected chi connectivity index (χ3v) is 4.75. The van der Waals surface area contributed by atoms with E-state index >= 15 is 0 Å². The Morgan fingerprint density at radius 1 is 1.05 bits per heavy atom. The van der Waals surface area contributed by atoms with Crippen LogP contribution in [0.15, 0.2) is 58.3 Å². The predicted octanol–water partition coefficient (Wildman–Crippen LogP) is 5.34. The number of benzene rings is 2. The largest absolute Gasteiger partial charge is 0.310 e. The Morgan fingerprint density at radius 2 is 1.80 bits per heavy atom. The van der Waals surface area contributed by atoms with E-state index in [4.69, 9.17) is 11.6 Å². The van der Waals surface area contributed by atoms with E-state index in [1.807, 2.05) is 23.9 Å². The minimum atomic E-state index is 0. The summed E-state index contributed by atoms with van der Waals surface area (Å²) in [5, 5.41) is 4.36. The van der Waals surface area contributed by atoms with E-state index < -0.39 is 0 Å². The summed E-state index contributed by atoms with van der Waals surface area (Å²) >= 11 is 7.74. The molecule has 1 saturated heterocycles. The molecule has 3 rings (SSSR count). The van der Waals surface area contributed by atoms with Crippen molar-refractivity contribution < 1.29 is 0 Å². The summed E-state index contributed by atoms with van der Waals surface area (Å²) in [7, 11) is 0. The second kappa shape index (κ2) is 7.37. The van der Waals surface area contributed by atoms with Crippen LogP contribution in [-0.4, -0.2) is 6.54 Å². The van der Waals surface area contributed by atoms with Gasteiger partial charge in [0, 0.05) is 20.9 Å². The first kappa shape index (κ1) is 15.7. The molecule has 0 aliphatic carbocycles. The zero-order chi connectivity index (χ0) is 13.1. The Bertz CT molecular complexity index is 551. The average molecular weight is 326 g/mol. The molecule has 4 heteroatoms. The third kappa shape index (κ3) is 3.70. The molecule has 1 aliphatic rings. The fourth-order valence-electron chi connectivity index (χ4n) is 2.44. The van der Waals surface area contributed by atoms with Gasteiger partial charge in [-0.2, -0.15) is 0 Å². The Hall–Kier alpha value is -0.670. The van der Waals surface area contributed by atoms with Gasteiger partial charge in [-0.3, -0.25) is 0 Å². The van der Waals surface area contributed by atoms with Crippen LogP contribution in [0.1, 0.15) is 24.4 Å². The van der Waals surface area contributed by atoms with Crippen LogP contribution in [0.5, 0.6) is 0 Å². The zero-order valence-corrected chi connectivity index (χ0v) is 13.4. The van der Waals surface area contributed by atoms with Crippen molar-refractivity contribution in [2.24, 2.45) is 0 Å².